The predicted molar refractivity (Wildman–Crippen MR) is 77.2 cm³/mol. The molecule has 0 bridgehead atoms. The summed E-state index contributed by atoms with van der Waals surface area (Å²) >= 11 is 0. The van der Waals surface area contributed by atoms with Gasteiger partial charge in [0.15, 0.2) is 0 Å². The number of hydrogen-bond acceptors (Lipinski definition) is 5. The van der Waals surface area contributed by atoms with Crippen molar-refractivity contribution < 1.29 is 14.3 Å². The van der Waals surface area contributed by atoms with E-state index in [1.54, 1.807) is 18.3 Å². The van der Waals surface area contributed by atoms with Crippen molar-refractivity contribution in [2.75, 3.05) is 5.43 Å². The van der Waals surface area contributed by atoms with E-state index in [1.165, 1.54) is 18.6 Å². The first kappa shape index (κ1) is 13.4. The van der Waals surface area contributed by atoms with Gasteiger partial charge in [-0.2, -0.15) is 5.10 Å². The van der Waals surface area contributed by atoms with Crippen LogP contribution in [-0.4, -0.2) is 12.2 Å². The first-order valence-corrected chi connectivity index (χ1v) is 6.83. The summed E-state index contributed by atoms with van der Waals surface area (Å²) in [5.74, 6) is 1.78. The lowest BCUT2D eigenvalue weighted by molar-refractivity contribution is -0.255. The molecule has 0 amide bonds. The number of carbonyl (C=O) groups excluding carboxylic acids is 1. The Morgan fingerprint density at radius 1 is 1.33 bits per heavy atom. The normalized spacial score (nSPS) is 20.6. The molecule has 0 aliphatic heterocycles. The van der Waals surface area contributed by atoms with Crippen LogP contribution in [0.2, 0.25) is 0 Å². The van der Waals surface area contributed by atoms with Gasteiger partial charge in [-0.15, -0.1) is 0 Å². The smallest absolute Gasteiger partial charge is 0.147 e. The van der Waals surface area contributed by atoms with Gasteiger partial charge in [0, 0.05) is 5.92 Å². The molecule has 108 valence electrons. The Morgan fingerprint density at radius 3 is 2.67 bits per heavy atom. The second kappa shape index (κ2) is 5.44. The van der Waals surface area contributed by atoms with Crippen LogP contribution in [-0.2, 0) is 0 Å². The molecule has 0 unspecified atom stereocenters. The van der Waals surface area contributed by atoms with Crippen molar-refractivity contribution in [3.8, 4) is 0 Å². The van der Waals surface area contributed by atoms with Crippen molar-refractivity contribution in [3.63, 3.8) is 0 Å². The van der Waals surface area contributed by atoms with Crippen LogP contribution in [0.25, 0.3) is 0 Å². The van der Waals surface area contributed by atoms with E-state index < -0.39 is 5.97 Å². The molecule has 0 saturated heterocycles. The number of furan rings is 1. The topological polar surface area (TPSA) is 77.7 Å². The molecular weight excluding hydrogens is 268 g/mol. The monoisotopic (exact) mass is 283 g/mol. The molecule has 3 rings (SSSR count). The summed E-state index contributed by atoms with van der Waals surface area (Å²) in [6.45, 7) is 2.21. The number of benzene rings is 1. The maximum absolute atomic E-state index is 10.6. The van der Waals surface area contributed by atoms with Gasteiger partial charge in [-0.25, -0.2) is 0 Å². The van der Waals surface area contributed by atoms with Crippen LogP contribution in [0.1, 0.15) is 41.1 Å². The third kappa shape index (κ3) is 3.13. The van der Waals surface area contributed by atoms with E-state index in [-0.39, 0.29) is 5.56 Å². The Labute approximate surface area is 122 Å². The minimum absolute atomic E-state index is 0.138. The molecular formula is C16H15N2O3-. The highest BCUT2D eigenvalue weighted by atomic mass is 16.4. The van der Waals surface area contributed by atoms with Gasteiger partial charge in [-0.3, -0.25) is 5.43 Å². The quantitative estimate of drug-likeness (QED) is 0.674. The van der Waals surface area contributed by atoms with Crippen LogP contribution in [0.4, 0.5) is 5.69 Å². The molecule has 0 spiro atoms. The van der Waals surface area contributed by atoms with Crippen molar-refractivity contribution in [2.45, 2.75) is 19.3 Å². The summed E-state index contributed by atoms with van der Waals surface area (Å²) in [6.07, 6.45) is 2.79. The van der Waals surface area contributed by atoms with Gasteiger partial charge >= 0.3 is 0 Å². The maximum Gasteiger partial charge on any atom is 0.147 e. The molecule has 2 atom stereocenters. The molecule has 5 heteroatoms. The zero-order valence-electron chi connectivity index (χ0n) is 11.6. The second-order valence-corrected chi connectivity index (χ2v) is 5.29. The lowest BCUT2D eigenvalue weighted by Gasteiger charge is -2.03. The number of carbonyl (C=O) groups is 1. The number of hydrazone groups is 1. The molecule has 1 heterocycles. The van der Waals surface area contributed by atoms with Gasteiger partial charge in [-0.05, 0) is 42.2 Å². The van der Waals surface area contributed by atoms with Crippen LogP contribution in [0.3, 0.4) is 0 Å². The van der Waals surface area contributed by atoms with Crippen molar-refractivity contribution in [2.24, 2.45) is 11.0 Å². The number of nitrogens with one attached hydrogen (secondary N) is 1. The standard InChI is InChI=1S/C16H16N2O3/c1-10-8-14(10)15-7-6-13(21-15)9-17-18-12-4-2-11(3-5-12)16(19)20/h2-7,9-10,14,18H,8H2,1H3,(H,19,20)/p-1/b17-9-/t10-,14-/m1/s1. The Kier molecular flexibility index (Phi) is 3.48. The number of rotatable bonds is 5. The van der Waals surface area contributed by atoms with E-state index in [4.69, 9.17) is 4.42 Å². The number of carboxylic acids is 1. The maximum atomic E-state index is 10.6. The fourth-order valence-corrected chi connectivity index (χ4v) is 2.21. The van der Waals surface area contributed by atoms with Crippen LogP contribution in [0, 0.1) is 5.92 Å². The summed E-state index contributed by atoms with van der Waals surface area (Å²) in [6, 6.07) is 10.1. The van der Waals surface area contributed by atoms with Gasteiger partial charge in [0.05, 0.1) is 17.9 Å². The highest BCUT2D eigenvalue weighted by molar-refractivity contribution is 5.86. The minimum atomic E-state index is -1.19. The van der Waals surface area contributed by atoms with Crippen LogP contribution in [0.15, 0.2) is 45.9 Å². The molecule has 1 aliphatic rings. The van der Waals surface area contributed by atoms with Crippen LogP contribution in [0.5, 0.6) is 0 Å². The predicted octanol–water partition coefficient (Wildman–Crippen LogP) is 2.21. The molecule has 1 aliphatic carbocycles. The van der Waals surface area contributed by atoms with Gasteiger partial charge in [0.1, 0.15) is 11.5 Å². The van der Waals surface area contributed by atoms with E-state index in [1.807, 2.05) is 12.1 Å². The molecule has 21 heavy (non-hydrogen) atoms. The second-order valence-electron chi connectivity index (χ2n) is 5.29. The van der Waals surface area contributed by atoms with E-state index in [0.29, 0.717) is 23.3 Å². The third-order valence-electron chi connectivity index (χ3n) is 3.63. The van der Waals surface area contributed by atoms with Gasteiger partial charge in [0.25, 0.3) is 0 Å². The van der Waals surface area contributed by atoms with Gasteiger partial charge in [-0.1, -0.05) is 19.1 Å². The molecule has 1 N–H and O–H groups in total. The average molecular weight is 283 g/mol. The average Bonchev–Trinajstić information content (AvgIpc) is 3.01. The molecule has 5 nitrogen and oxygen atoms in total. The van der Waals surface area contributed by atoms with E-state index in [2.05, 4.69) is 17.5 Å². The number of nitrogens with zero attached hydrogens (tertiary/aromatic N) is 1. The van der Waals surface area contributed by atoms with Crippen molar-refractivity contribution in [1.82, 2.24) is 0 Å². The van der Waals surface area contributed by atoms with E-state index in [0.717, 1.165) is 5.76 Å². The summed E-state index contributed by atoms with van der Waals surface area (Å²) in [5, 5.41) is 14.7. The third-order valence-corrected chi connectivity index (χ3v) is 3.63. The molecule has 1 aromatic heterocycles. The molecule has 1 fully saturated rings. The largest absolute Gasteiger partial charge is 0.545 e. The lowest BCUT2D eigenvalue weighted by atomic mass is 10.2. The van der Waals surface area contributed by atoms with Crippen LogP contribution < -0.4 is 10.5 Å². The number of hydrogen-bond donors (Lipinski definition) is 1. The lowest BCUT2D eigenvalue weighted by Crippen LogP contribution is -2.21. The highest BCUT2D eigenvalue weighted by Crippen LogP contribution is 2.47. The molecule has 1 aromatic carbocycles. The summed E-state index contributed by atoms with van der Waals surface area (Å²) in [4.78, 5) is 10.6. The van der Waals surface area contributed by atoms with Gasteiger partial charge in [0.2, 0.25) is 0 Å². The first-order valence-electron chi connectivity index (χ1n) is 6.83. The summed E-state index contributed by atoms with van der Waals surface area (Å²) in [5.41, 5.74) is 3.65. The van der Waals surface area contributed by atoms with E-state index >= 15 is 0 Å². The fraction of sp³-hybridized carbons (Fsp3) is 0.250. The van der Waals surface area contributed by atoms with Gasteiger partial charge < -0.3 is 14.3 Å². The number of anilines is 1. The Balaban J connectivity index is 1.59. The van der Waals surface area contributed by atoms with Crippen molar-refractivity contribution >= 4 is 17.9 Å². The number of aromatic carboxylic acids is 1. The number of carboxylic acid groups (broad SMARTS) is 1. The molecule has 2 aromatic rings. The fourth-order valence-electron chi connectivity index (χ4n) is 2.21. The zero-order chi connectivity index (χ0) is 14.8. The van der Waals surface area contributed by atoms with Crippen LogP contribution >= 0.6 is 0 Å². The summed E-state index contributed by atoms with van der Waals surface area (Å²) in [7, 11) is 0. The zero-order valence-corrected chi connectivity index (χ0v) is 11.6. The first-order chi connectivity index (χ1) is 10.1. The molecule has 0 radical (unpaired) electrons. The highest BCUT2D eigenvalue weighted by Gasteiger charge is 2.36. The van der Waals surface area contributed by atoms with Crippen molar-refractivity contribution in [3.05, 3.63) is 53.5 Å². The molecule has 1 saturated carbocycles. The SMILES string of the molecule is C[C@@H]1C[C@H]1c1ccc(/C=N\Nc2ccc(C(=O)[O-])cc2)o1. The Hall–Kier alpha value is -2.56. The van der Waals surface area contributed by atoms with Crippen molar-refractivity contribution in [1.29, 1.82) is 0 Å². The Bertz CT molecular complexity index is 673. The minimum Gasteiger partial charge on any atom is -0.545 e. The Morgan fingerprint density at radius 2 is 2.05 bits per heavy atom. The van der Waals surface area contributed by atoms with E-state index in [9.17, 15) is 9.90 Å². The summed E-state index contributed by atoms with van der Waals surface area (Å²) < 4.78 is 5.69.